The third kappa shape index (κ3) is 3.26. The third-order valence-electron chi connectivity index (χ3n) is 3.59. The zero-order chi connectivity index (χ0) is 14.7. The lowest BCUT2D eigenvalue weighted by Gasteiger charge is -2.19. The third-order valence-corrected chi connectivity index (χ3v) is 5.51. The number of hydrogen-bond acceptors (Lipinski definition) is 1. The van der Waals surface area contributed by atoms with Crippen molar-refractivity contribution in [3.05, 3.63) is 52.3 Å². The van der Waals surface area contributed by atoms with Gasteiger partial charge in [-0.05, 0) is 31.7 Å². The van der Waals surface area contributed by atoms with E-state index in [1.54, 1.807) is 0 Å². The Hall–Kier alpha value is -0.800. The largest absolute Gasteiger partial charge is 0.268 e. The number of benzene rings is 1. The Morgan fingerprint density at radius 3 is 2.55 bits per heavy atom. The summed E-state index contributed by atoms with van der Waals surface area (Å²) in [5.74, 6) is 0.441. The average molecular weight is 356 g/mol. The van der Waals surface area contributed by atoms with Crippen LogP contribution in [0.3, 0.4) is 0 Å². The van der Waals surface area contributed by atoms with Crippen molar-refractivity contribution in [2.24, 2.45) is 5.92 Å². The Kier molecular flexibility index (Phi) is 5.28. The van der Waals surface area contributed by atoms with E-state index in [0.29, 0.717) is 10.7 Å². The molecule has 0 saturated heterocycles. The average Bonchev–Trinajstić information content (AvgIpc) is 2.75. The van der Waals surface area contributed by atoms with E-state index in [-0.39, 0.29) is 0 Å². The first-order chi connectivity index (χ1) is 9.54. The van der Waals surface area contributed by atoms with Crippen LogP contribution < -0.4 is 0 Å². The predicted octanol–water partition coefficient (Wildman–Crippen LogP) is 5.18. The van der Waals surface area contributed by atoms with Gasteiger partial charge in [0.1, 0.15) is 0 Å². The highest BCUT2D eigenvalue weighted by atomic mass is 79.9. The van der Waals surface area contributed by atoms with E-state index >= 15 is 0 Å². The molecule has 0 aliphatic carbocycles. The summed E-state index contributed by atoms with van der Waals surface area (Å²) in [6, 6.07) is 10.5. The van der Waals surface area contributed by atoms with Crippen molar-refractivity contribution in [1.82, 2.24) is 9.78 Å². The monoisotopic (exact) mass is 354 g/mol. The highest BCUT2D eigenvalue weighted by Crippen LogP contribution is 2.34. The van der Waals surface area contributed by atoms with E-state index in [4.69, 9.17) is 11.6 Å². The second kappa shape index (κ2) is 6.77. The van der Waals surface area contributed by atoms with Gasteiger partial charge in [0.05, 0.1) is 16.4 Å². The lowest BCUT2D eigenvalue weighted by molar-refractivity contribution is 0.524. The van der Waals surface area contributed by atoms with E-state index in [0.717, 1.165) is 29.4 Å². The van der Waals surface area contributed by atoms with E-state index in [1.165, 1.54) is 5.56 Å². The topological polar surface area (TPSA) is 17.8 Å². The normalized spacial score (nSPS) is 14.2. The van der Waals surface area contributed by atoms with Crippen molar-refractivity contribution in [1.29, 1.82) is 0 Å². The first-order valence-corrected chi connectivity index (χ1v) is 8.24. The molecule has 0 N–H and O–H groups in total. The molecule has 0 aliphatic heterocycles. The molecule has 2 aromatic rings. The fourth-order valence-electron chi connectivity index (χ4n) is 2.44. The summed E-state index contributed by atoms with van der Waals surface area (Å²) >= 11 is 10.2. The number of alkyl halides is 1. The van der Waals surface area contributed by atoms with E-state index < -0.39 is 0 Å². The molecule has 2 nitrogen and oxygen atoms in total. The van der Waals surface area contributed by atoms with Crippen molar-refractivity contribution in [2.45, 2.75) is 38.6 Å². The molecule has 0 bridgehead atoms. The SMILES string of the molecule is CCn1nc(C)c(Cl)c1CC(C)C(Br)c1ccccc1. The van der Waals surface area contributed by atoms with Gasteiger partial charge in [-0.25, -0.2) is 0 Å². The standard InChI is InChI=1S/C16H20BrClN2/c1-4-20-14(16(18)12(3)19-20)10-11(2)15(17)13-8-6-5-7-9-13/h5-9,11,15H,4,10H2,1-3H3. The first-order valence-electron chi connectivity index (χ1n) is 6.95. The van der Waals surface area contributed by atoms with Crippen LogP contribution in [-0.2, 0) is 13.0 Å². The molecule has 0 saturated carbocycles. The number of rotatable bonds is 5. The van der Waals surface area contributed by atoms with Crippen LogP contribution in [0.4, 0.5) is 0 Å². The van der Waals surface area contributed by atoms with Crippen LogP contribution >= 0.6 is 27.5 Å². The predicted molar refractivity (Wildman–Crippen MR) is 88.6 cm³/mol. The smallest absolute Gasteiger partial charge is 0.0847 e. The van der Waals surface area contributed by atoms with Crippen molar-refractivity contribution in [3.63, 3.8) is 0 Å². The van der Waals surface area contributed by atoms with Crippen LogP contribution in [0.15, 0.2) is 30.3 Å². The molecule has 0 fully saturated rings. The first kappa shape index (κ1) is 15.6. The zero-order valence-corrected chi connectivity index (χ0v) is 14.4. The van der Waals surface area contributed by atoms with Crippen LogP contribution in [0.1, 0.15) is 35.6 Å². The van der Waals surface area contributed by atoms with Gasteiger partial charge in [-0.1, -0.05) is 64.8 Å². The second-order valence-corrected chi connectivity index (χ2v) is 6.52. The van der Waals surface area contributed by atoms with Crippen molar-refractivity contribution >= 4 is 27.5 Å². The Balaban J connectivity index is 2.18. The van der Waals surface area contributed by atoms with Gasteiger partial charge in [0.2, 0.25) is 0 Å². The summed E-state index contributed by atoms with van der Waals surface area (Å²) in [6.45, 7) is 7.16. The number of nitrogens with zero attached hydrogens (tertiary/aromatic N) is 2. The maximum Gasteiger partial charge on any atom is 0.0847 e. The lowest BCUT2D eigenvalue weighted by Crippen LogP contribution is -2.11. The molecule has 108 valence electrons. The van der Waals surface area contributed by atoms with Gasteiger partial charge in [0.15, 0.2) is 0 Å². The fraction of sp³-hybridized carbons (Fsp3) is 0.438. The highest BCUT2D eigenvalue weighted by Gasteiger charge is 2.21. The number of aromatic nitrogens is 2. The summed E-state index contributed by atoms with van der Waals surface area (Å²) in [4.78, 5) is 0.320. The minimum atomic E-state index is 0.320. The van der Waals surface area contributed by atoms with E-state index in [9.17, 15) is 0 Å². The second-order valence-electron chi connectivity index (χ2n) is 5.16. The highest BCUT2D eigenvalue weighted by molar-refractivity contribution is 9.09. The van der Waals surface area contributed by atoms with Gasteiger partial charge in [-0.15, -0.1) is 0 Å². The molecule has 0 aliphatic rings. The fourth-order valence-corrected chi connectivity index (χ4v) is 3.14. The van der Waals surface area contributed by atoms with Crippen LogP contribution in [-0.4, -0.2) is 9.78 Å². The zero-order valence-electron chi connectivity index (χ0n) is 12.1. The molecule has 4 heteroatoms. The van der Waals surface area contributed by atoms with Gasteiger partial charge < -0.3 is 0 Å². The van der Waals surface area contributed by atoms with Gasteiger partial charge in [0, 0.05) is 11.4 Å². The maximum atomic E-state index is 6.39. The van der Waals surface area contributed by atoms with Crippen LogP contribution in [0, 0.1) is 12.8 Å². The van der Waals surface area contributed by atoms with E-state index in [2.05, 4.69) is 59.1 Å². The van der Waals surface area contributed by atoms with Crippen molar-refractivity contribution in [3.8, 4) is 0 Å². The number of aryl methyl sites for hydroxylation is 2. The molecule has 0 spiro atoms. The Morgan fingerprint density at radius 1 is 1.30 bits per heavy atom. The minimum absolute atomic E-state index is 0.320. The molecule has 2 atom stereocenters. The molecule has 20 heavy (non-hydrogen) atoms. The minimum Gasteiger partial charge on any atom is -0.268 e. The van der Waals surface area contributed by atoms with Crippen molar-refractivity contribution < 1.29 is 0 Å². The molecule has 0 radical (unpaired) electrons. The number of halogens is 2. The molecule has 0 amide bonds. The molecule has 1 aromatic carbocycles. The maximum absolute atomic E-state index is 6.39. The summed E-state index contributed by atoms with van der Waals surface area (Å²) < 4.78 is 2.01. The quantitative estimate of drug-likeness (QED) is 0.676. The lowest BCUT2D eigenvalue weighted by atomic mass is 9.96. The molecule has 2 unspecified atom stereocenters. The van der Waals surface area contributed by atoms with Crippen molar-refractivity contribution in [2.75, 3.05) is 0 Å². The summed E-state index contributed by atoms with van der Waals surface area (Å²) in [7, 11) is 0. The Labute approximate surface area is 134 Å². The molecule has 1 heterocycles. The van der Waals surface area contributed by atoms with Crippen LogP contribution in [0.2, 0.25) is 5.02 Å². The molecule has 2 rings (SSSR count). The van der Waals surface area contributed by atoms with Gasteiger partial charge in [-0.3, -0.25) is 4.68 Å². The van der Waals surface area contributed by atoms with Gasteiger partial charge >= 0.3 is 0 Å². The number of hydrogen-bond donors (Lipinski definition) is 0. The van der Waals surface area contributed by atoms with Gasteiger partial charge in [0.25, 0.3) is 0 Å². The molecular formula is C16H20BrClN2. The summed E-state index contributed by atoms with van der Waals surface area (Å²) in [5.41, 5.74) is 3.36. The Morgan fingerprint density at radius 2 is 1.95 bits per heavy atom. The molecule has 1 aromatic heterocycles. The Bertz CT molecular complexity index is 565. The molecular weight excluding hydrogens is 336 g/mol. The van der Waals surface area contributed by atoms with Crippen LogP contribution in [0.25, 0.3) is 0 Å². The van der Waals surface area contributed by atoms with Crippen LogP contribution in [0.5, 0.6) is 0 Å². The summed E-state index contributed by atoms with van der Waals surface area (Å²) in [5, 5.41) is 5.29. The summed E-state index contributed by atoms with van der Waals surface area (Å²) in [6.07, 6.45) is 0.915. The van der Waals surface area contributed by atoms with Gasteiger partial charge in [-0.2, -0.15) is 5.10 Å². The van der Waals surface area contributed by atoms with E-state index in [1.807, 2.05) is 17.7 Å².